The summed E-state index contributed by atoms with van der Waals surface area (Å²) in [5, 5.41) is 13.5. The topological polar surface area (TPSA) is 158 Å². The number of benzene rings is 2. The van der Waals surface area contributed by atoms with Crippen LogP contribution in [-0.2, 0) is 16.1 Å². The van der Waals surface area contributed by atoms with Gasteiger partial charge in [0, 0.05) is 12.1 Å². The molecular weight excluding hydrogens is 474 g/mol. The molecule has 12 nitrogen and oxygen atoms in total. The Labute approximate surface area is 203 Å². The Morgan fingerprint density at radius 2 is 1.86 bits per heavy atom. The Kier molecular flexibility index (Phi) is 6.50. The van der Waals surface area contributed by atoms with Gasteiger partial charge in [-0.1, -0.05) is 0 Å². The molecule has 2 heterocycles. The number of hydrogen-bond donors (Lipinski definition) is 1. The first-order valence-electron chi connectivity index (χ1n) is 10.6. The molecule has 1 aromatic heterocycles. The Balaban J connectivity index is 1.45. The fourth-order valence-electron chi connectivity index (χ4n) is 3.54. The quantitative estimate of drug-likeness (QED) is 0.215. The van der Waals surface area contributed by atoms with Crippen molar-refractivity contribution in [3.8, 4) is 5.75 Å². The van der Waals surface area contributed by atoms with Gasteiger partial charge in [-0.2, -0.15) is 0 Å². The van der Waals surface area contributed by atoms with E-state index in [0.29, 0.717) is 5.76 Å². The highest BCUT2D eigenvalue weighted by Crippen LogP contribution is 2.29. The van der Waals surface area contributed by atoms with E-state index in [0.717, 1.165) is 11.0 Å². The van der Waals surface area contributed by atoms with Crippen LogP contribution in [0.15, 0.2) is 59.2 Å². The molecule has 184 valence electrons. The van der Waals surface area contributed by atoms with Crippen LogP contribution in [0.1, 0.15) is 43.8 Å². The molecule has 0 saturated heterocycles. The molecule has 12 heteroatoms. The highest BCUT2D eigenvalue weighted by Gasteiger charge is 2.36. The highest BCUT2D eigenvalue weighted by molar-refractivity contribution is 6.21. The van der Waals surface area contributed by atoms with Crippen molar-refractivity contribution in [3.63, 3.8) is 0 Å². The van der Waals surface area contributed by atoms with Crippen LogP contribution in [0.3, 0.4) is 0 Å². The predicted octanol–water partition coefficient (Wildman–Crippen LogP) is 3.18. The number of fused-ring (bicyclic) bond motifs is 1. The van der Waals surface area contributed by atoms with Crippen LogP contribution in [0.25, 0.3) is 0 Å². The highest BCUT2D eigenvalue weighted by atomic mass is 16.6. The maximum Gasteiger partial charge on any atom is 0.338 e. The van der Waals surface area contributed by atoms with Gasteiger partial charge in [-0.25, -0.2) is 4.79 Å². The summed E-state index contributed by atoms with van der Waals surface area (Å²) >= 11 is 0. The lowest BCUT2D eigenvalue weighted by Crippen LogP contribution is -2.30. The van der Waals surface area contributed by atoms with Crippen molar-refractivity contribution in [2.75, 3.05) is 12.4 Å². The van der Waals surface area contributed by atoms with Crippen molar-refractivity contribution in [1.82, 2.24) is 4.90 Å². The van der Waals surface area contributed by atoms with Crippen molar-refractivity contribution in [2.45, 2.75) is 19.6 Å². The number of esters is 1. The van der Waals surface area contributed by atoms with Crippen LogP contribution in [0.4, 0.5) is 11.4 Å². The largest absolute Gasteiger partial charge is 0.495 e. The Morgan fingerprint density at radius 1 is 1.11 bits per heavy atom. The van der Waals surface area contributed by atoms with Gasteiger partial charge in [0.15, 0.2) is 6.10 Å². The van der Waals surface area contributed by atoms with Crippen LogP contribution in [0.2, 0.25) is 0 Å². The van der Waals surface area contributed by atoms with Gasteiger partial charge in [0.25, 0.3) is 23.4 Å². The number of furan rings is 1. The molecule has 1 aliphatic rings. The van der Waals surface area contributed by atoms with Crippen LogP contribution in [-0.4, -0.2) is 46.7 Å². The van der Waals surface area contributed by atoms with Crippen molar-refractivity contribution in [1.29, 1.82) is 0 Å². The molecule has 36 heavy (non-hydrogen) atoms. The number of non-ortho nitro benzene ring substituents is 1. The van der Waals surface area contributed by atoms with Gasteiger partial charge in [0.2, 0.25) is 0 Å². The molecule has 1 N–H and O–H groups in total. The molecule has 2 aromatic carbocycles. The van der Waals surface area contributed by atoms with E-state index in [1.165, 1.54) is 50.6 Å². The maximum atomic E-state index is 12.8. The summed E-state index contributed by atoms with van der Waals surface area (Å²) in [7, 11) is 1.33. The number of ether oxygens (including phenoxy) is 2. The van der Waals surface area contributed by atoms with E-state index in [9.17, 15) is 29.3 Å². The first-order chi connectivity index (χ1) is 17.2. The summed E-state index contributed by atoms with van der Waals surface area (Å²) in [5.41, 5.74) is -0.125. The van der Waals surface area contributed by atoms with Gasteiger partial charge in [-0.3, -0.25) is 29.4 Å². The van der Waals surface area contributed by atoms with E-state index in [4.69, 9.17) is 13.9 Å². The molecule has 0 saturated carbocycles. The molecule has 0 spiro atoms. The lowest BCUT2D eigenvalue weighted by atomic mass is 10.1. The van der Waals surface area contributed by atoms with Crippen molar-refractivity contribution >= 4 is 35.1 Å². The predicted molar refractivity (Wildman–Crippen MR) is 123 cm³/mol. The van der Waals surface area contributed by atoms with Crippen LogP contribution in [0, 0.1) is 10.1 Å². The summed E-state index contributed by atoms with van der Waals surface area (Å²) in [6.07, 6.45) is 0.121. The average molecular weight is 493 g/mol. The van der Waals surface area contributed by atoms with Gasteiger partial charge in [0.1, 0.15) is 11.5 Å². The van der Waals surface area contributed by atoms with Crippen LogP contribution < -0.4 is 10.1 Å². The van der Waals surface area contributed by atoms with Gasteiger partial charge < -0.3 is 19.2 Å². The van der Waals surface area contributed by atoms with Crippen LogP contribution >= 0.6 is 0 Å². The van der Waals surface area contributed by atoms with Gasteiger partial charge in [-0.05, 0) is 43.3 Å². The minimum Gasteiger partial charge on any atom is -0.495 e. The smallest absolute Gasteiger partial charge is 0.338 e. The van der Waals surface area contributed by atoms with Crippen molar-refractivity contribution in [2.24, 2.45) is 0 Å². The van der Waals surface area contributed by atoms with Gasteiger partial charge >= 0.3 is 5.97 Å². The number of hydrogen-bond acceptors (Lipinski definition) is 9. The number of anilines is 1. The summed E-state index contributed by atoms with van der Waals surface area (Å²) in [5.74, 6) is -2.19. The molecule has 3 amide bonds. The second kappa shape index (κ2) is 9.70. The molecule has 4 rings (SSSR count). The third-order valence-electron chi connectivity index (χ3n) is 5.41. The number of imide groups is 1. The molecule has 3 aromatic rings. The third kappa shape index (κ3) is 4.64. The van der Waals surface area contributed by atoms with E-state index in [1.54, 1.807) is 12.1 Å². The van der Waals surface area contributed by atoms with Crippen molar-refractivity contribution in [3.05, 3.63) is 87.4 Å². The maximum absolute atomic E-state index is 12.8. The number of nitrogens with one attached hydrogen (secondary N) is 1. The molecule has 1 atom stereocenters. The standard InChI is InChI=1S/C24H19N3O9/c1-13(21(28)25-19-11-15(27(32)33)6-8-20(19)34-2)36-24(31)14-5-7-17-18(10-14)23(30)26(22(17)29)12-16-4-3-9-35-16/h3-11,13H,12H2,1-2H3,(H,25,28). The van der Waals surface area contributed by atoms with E-state index in [1.807, 2.05) is 0 Å². The number of carbonyl (C=O) groups excluding carboxylic acids is 4. The summed E-state index contributed by atoms with van der Waals surface area (Å²) in [6, 6.07) is 10.8. The molecule has 1 aliphatic heterocycles. The molecule has 1 unspecified atom stereocenters. The zero-order valence-electron chi connectivity index (χ0n) is 19.0. The molecular formula is C24H19N3O9. The first kappa shape index (κ1) is 24.1. The lowest BCUT2D eigenvalue weighted by molar-refractivity contribution is -0.384. The van der Waals surface area contributed by atoms with Crippen molar-refractivity contribution < 1.29 is 38.0 Å². The number of amides is 3. The van der Waals surface area contributed by atoms with E-state index < -0.39 is 34.7 Å². The third-order valence-corrected chi connectivity index (χ3v) is 5.41. The minimum atomic E-state index is -1.30. The number of methoxy groups -OCH3 is 1. The minimum absolute atomic E-state index is 0.0258. The average Bonchev–Trinajstić information content (AvgIpc) is 3.46. The summed E-state index contributed by atoms with van der Waals surface area (Å²) in [4.78, 5) is 62.0. The van der Waals surface area contributed by atoms with Crippen LogP contribution in [0.5, 0.6) is 5.75 Å². The Bertz CT molecular complexity index is 1380. The lowest BCUT2D eigenvalue weighted by Gasteiger charge is -2.15. The first-order valence-corrected chi connectivity index (χ1v) is 10.6. The van der Waals surface area contributed by atoms with E-state index in [-0.39, 0.29) is 40.4 Å². The van der Waals surface area contributed by atoms with Gasteiger partial charge in [0.05, 0.1) is 47.2 Å². The fourth-order valence-corrected chi connectivity index (χ4v) is 3.54. The summed E-state index contributed by atoms with van der Waals surface area (Å²) < 4.78 is 15.5. The molecule has 0 radical (unpaired) electrons. The number of nitro groups is 1. The number of carbonyl (C=O) groups is 4. The zero-order chi connectivity index (χ0) is 26.0. The van der Waals surface area contributed by atoms with Gasteiger partial charge in [-0.15, -0.1) is 0 Å². The molecule has 0 bridgehead atoms. The second-order valence-corrected chi connectivity index (χ2v) is 7.71. The van der Waals surface area contributed by atoms with E-state index in [2.05, 4.69) is 5.32 Å². The normalized spacial score (nSPS) is 13.2. The summed E-state index contributed by atoms with van der Waals surface area (Å²) in [6.45, 7) is 1.25. The number of nitro benzene ring substituents is 1. The Morgan fingerprint density at radius 3 is 2.53 bits per heavy atom. The number of rotatable bonds is 8. The number of nitrogens with zero attached hydrogens (tertiary/aromatic N) is 2. The van der Waals surface area contributed by atoms with E-state index >= 15 is 0 Å². The molecule has 0 fully saturated rings. The second-order valence-electron chi connectivity index (χ2n) is 7.71. The molecule has 0 aliphatic carbocycles. The fraction of sp³-hybridized carbons (Fsp3) is 0.167. The zero-order valence-corrected chi connectivity index (χ0v) is 19.0. The SMILES string of the molecule is COc1ccc([N+](=O)[O-])cc1NC(=O)C(C)OC(=O)c1ccc2c(c1)C(=O)N(Cc1ccco1)C2=O. The monoisotopic (exact) mass is 493 g/mol. The Hall–Kier alpha value is -5.00.